The van der Waals surface area contributed by atoms with Crippen LogP contribution in [0.2, 0.25) is 0 Å². The number of hydrogen-bond acceptors (Lipinski definition) is 5. The van der Waals surface area contributed by atoms with Crippen molar-refractivity contribution in [2.75, 3.05) is 13.7 Å². The molecule has 0 aliphatic heterocycles. The zero-order valence-corrected chi connectivity index (χ0v) is 13.7. The minimum atomic E-state index is -0.735. The second-order valence-electron chi connectivity index (χ2n) is 5.25. The van der Waals surface area contributed by atoms with Crippen LogP contribution in [0.15, 0.2) is 36.4 Å². The lowest BCUT2D eigenvalue weighted by Crippen LogP contribution is -2.30. The molecule has 0 atom stereocenters. The number of carbonyl (C=O) groups is 1. The second-order valence-corrected chi connectivity index (χ2v) is 5.25. The van der Waals surface area contributed by atoms with Crippen molar-refractivity contribution in [3.63, 3.8) is 0 Å². The van der Waals surface area contributed by atoms with E-state index >= 15 is 0 Å². The fourth-order valence-electron chi connectivity index (χ4n) is 2.35. The number of phenols is 1. The molecule has 0 heterocycles. The number of nitrogens with zero attached hydrogens (tertiary/aromatic N) is 2. The van der Waals surface area contributed by atoms with E-state index in [-0.39, 0.29) is 17.9 Å². The topological polar surface area (TPSA) is 92.9 Å². The van der Waals surface area contributed by atoms with E-state index in [9.17, 15) is 24.4 Å². The molecule has 0 radical (unpaired) electrons. The maximum absolute atomic E-state index is 13.8. The summed E-state index contributed by atoms with van der Waals surface area (Å²) in [6.45, 7) is 2.24. The number of amides is 1. The molecule has 2 aromatic rings. The van der Waals surface area contributed by atoms with Gasteiger partial charge in [0.05, 0.1) is 12.0 Å². The fraction of sp³-hybridized carbons (Fsp3) is 0.235. The average molecular weight is 348 g/mol. The normalized spacial score (nSPS) is 10.4. The molecule has 0 bridgehead atoms. The number of halogens is 1. The molecule has 0 fully saturated rings. The summed E-state index contributed by atoms with van der Waals surface area (Å²) in [7, 11) is 1.36. The first-order valence-corrected chi connectivity index (χ1v) is 7.46. The van der Waals surface area contributed by atoms with Crippen molar-refractivity contribution in [2.45, 2.75) is 13.5 Å². The van der Waals surface area contributed by atoms with Gasteiger partial charge in [-0.15, -0.1) is 0 Å². The minimum absolute atomic E-state index is 0.110. The van der Waals surface area contributed by atoms with Crippen LogP contribution in [0.3, 0.4) is 0 Å². The molecule has 0 aromatic heterocycles. The molecule has 0 saturated carbocycles. The summed E-state index contributed by atoms with van der Waals surface area (Å²) in [4.78, 5) is 24.0. The van der Waals surface area contributed by atoms with E-state index in [0.29, 0.717) is 12.1 Å². The predicted octanol–water partition coefficient (Wildman–Crippen LogP) is 3.11. The van der Waals surface area contributed by atoms with E-state index in [1.165, 1.54) is 30.2 Å². The number of carbonyl (C=O) groups excluding carboxylic acids is 1. The van der Waals surface area contributed by atoms with Crippen molar-refractivity contribution in [2.24, 2.45) is 0 Å². The van der Waals surface area contributed by atoms with Crippen LogP contribution in [0.1, 0.15) is 22.8 Å². The van der Waals surface area contributed by atoms with Gasteiger partial charge in [-0.2, -0.15) is 0 Å². The monoisotopic (exact) mass is 348 g/mol. The maximum atomic E-state index is 13.8. The number of methoxy groups -OCH3 is 1. The summed E-state index contributed by atoms with van der Waals surface area (Å²) >= 11 is 0. The lowest BCUT2D eigenvalue weighted by Gasteiger charge is -2.21. The number of benzene rings is 2. The van der Waals surface area contributed by atoms with Crippen molar-refractivity contribution in [3.8, 4) is 11.5 Å². The number of phenolic OH excluding ortho intramolecular Hbond substituents is 1. The second kappa shape index (κ2) is 7.61. The number of aromatic hydroxyl groups is 1. The molecule has 8 heteroatoms. The summed E-state index contributed by atoms with van der Waals surface area (Å²) in [5.41, 5.74) is 0.204. The van der Waals surface area contributed by atoms with Crippen LogP contribution in [-0.2, 0) is 6.54 Å². The SMILES string of the molecule is CCN(Cc1ccc(OC)c(F)c1)C(=O)c1ccc([N+](=O)[O-])c(O)c1. The Kier molecular flexibility index (Phi) is 5.53. The third-order valence-corrected chi connectivity index (χ3v) is 3.68. The molecule has 2 rings (SSSR count). The lowest BCUT2D eigenvalue weighted by molar-refractivity contribution is -0.385. The molecule has 1 N–H and O–H groups in total. The average Bonchev–Trinajstić information content (AvgIpc) is 2.58. The molecule has 1 amide bonds. The van der Waals surface area contributed by atoms with Crippen LogP contribution in [0.4, 0.5) is 10.1 Å². The Hall–Kier alpha value is -3.16. The first-order valence-electron chi connectivity index (χ1n) is 7.46. The van der Waals surface area contributed by atoms with Gasteiger partial charge in [0, 0.05) is 24.7 Å². The van der Waals surface area contributed by atoms with Crippen LogP contribution >= 0.6 is 0 Å². The van der Waals surface area contributed by atoms with Crippen molar-refractivity contribution in [1.82, 2.24) is 4.90 Å². The molecule has 132 valence electrons. The molecule has 0 unspecified atom stereocenters. The zero-order chi connectivity index (χ0) is 18.6. The highest BCUT2D eigenvalue weighted by Crippen LogP contribution is 2.27. The molecule has 25 heavy (non-hydrogen) atoms. The fourth-order valence-corrected chi connectivity index (χ4v) is 2.35. The minimum Gasteiger partial charge on any atom is -0.502 e. The van der Waals surface area contributed by atoms with Gasteiger partial charge >= 0.3 is 5.69 Å². The summed E-state index contributed by atoms with van der Waals surface area (Å²) in [5.74, 6) is -1.43. The Labute approximate surface area is 143 Å². The molecule has 0 aliphatic carbocycles. The molecule has 0 spiro atoms. The Balaban J connectivity index is 2.22. The van der Waals surface area contributed by atoms with Crippen molar-refractivity contribution in [3.05, 3.63) is 63.5 Å². The van der Waals surface area contributed by atoms with E-state index in [2.05, 4.69) is 0 Å². The molecule has 0 saturated heterocycles. The van der Waals surface area contributed by atoms with Crippen LogP contribution in [0.5, 0.6) is 11.5 Å². The Morgan fingerprint density at radius 3 is 2.56 bits per heavy atom. The molecule has 0 aliphatic rings. The van der Waals surface area contributed by atoms with Crippen LogP contribution in [-0.4, -0.2) is 34.5 Å². The number of nitro groups is 1. The highest BCUT2D eigenvalue weighted by Gasteiger charge is 2.20. The van der Waals surface area contributed by atoms with E-state index in [4.69, 9.17) is 4.74 Å². The van der Waals surface area contributed by atoms with Gasteiger partial charge in [-0.1, -0.05) is 6.07 Å². The van der Waals surface area contributed by atoms with Crippen molar-refractivity contribution >= 4 is 11.6 Å². The van der Waals surface area contributed by atoms with Gasteiger partial charge in [-0.25, -0.2) is 4.39 Å². The summed E-state index contributed by atoms with van der Waals surface area (Å²) in [6.07, 6.45) is 0. The third-order valence-electron chi connectivity index (χ3n) is 3.68. The van der Waals surface area contributed by atoms with Crippen LogP contribution in [0.25, 0.3) is 0 Å². The van der Waals surface area contributed by atoms with E-state index in [0.717, 1.165) is 12.1 Å². The Bertz CT molecular complexity index is 810. The van der Waals surface area contributed by atoms with E-state index in [1.807, 2.05) is 0 Å². The quantitative estimate of drug-likeness (QED) is 0.639. The molecule has 7 nitrogen and oxygen atoms in total. The Morgan fingerprint density at radius 1 is 1.32 bits per heavy atom. The zero-order valence-electron chi connectivity index (χ0n) is 13.7. The number of nitro benzene ring substituents is 1. The van der Waals surface area contributed by atoms with Crippen molar-refractivity contribution in [1.29, 1.82) is 0 Å². The van der Waals surface area contributed by atoms with Crippen LogP contribution < -0.4 is 4.74 Å². The van der Waals surface area contributed by atoms with E-state index in [1.54, 1.807) is 13.0 Å². The molecular formula is C17H17FN2O5. The van der Waals surface area contributed by atoms with Gasteiger partial charge in [-0.3, -0.25) is 14.9 Å². The first-order chi connectivity index (χ1) is 11.9. The number of rotatable bonds is 6. The van der Waals surface area contributed by atoms with Gasteiger partial charge < -0.3 is 14.7 Å². The highest BCUT2D eigenvalue weighted by molar-refractivity contribution is 5.95. The Morgan fingerprint density at radius 2 is 2.04 bits per heavy atom. The summed E-state index contributed by atoms with van der Waals surface area (Å²) in [5, 5.41) is 20.4. The standard InChI is InChI=1S/C17H17FN2O5/c1-3-19(10-11-4-7-16(25-2)13(18)8-11)17(22)12-5-6-14(20(23)24)15(21)9-12/h4-9,21H,3,10H2,1-2H3. The van der Waals surface area contributed by atoms with Gasteiger partial charge in [0.2, 0.25) is 0 Å². The molecular weight excluding hydrogens is 331 g/mol. The first kappa shape index (κ1) is 18.2. The number of hydrogen-bond donors (Lipinski definition) is 1. The smallest absolute Gasteiger partial charge is 0.310 e. The van der Waals surface area contributed by atoms with E-state index < -0.39 is 28.1 Å². The lowest BCUT2D eigenvalue weighted by atomic mass is 10.1. The number of ether oxygens (including phenoxy) is 1. The predicted molar refractivity (Wildman–Crippen MR) is 88.1 cm³/mol. The van der Waals surface area contributed by atoms with Gasteiger partial charge in [0.15, 0.2) is 17.3 Å². The largest absolute Gasteiger partial charge is 0.502 e. The maximum Gasteiger partial charge on any atom is 0.310 e. The van der Waals surface area contributed by atoms with Crippen LogP contribution in [0, 0.1) is 15.9 Å². The highest BCUT2D eigenvalue weighted by atomic mass is 19.1. The molecule has 2 aromatic carbocycles. The van der Waals surface area contributed by atoms with Gasteiger partial charge in [-0.05, 0) is 36.8 Å². The summed E-state index contributed by atoms with van der Waals surface area (Å²) in [6, 6.07) is 7.80. The van der Waals surface area contributed by atoms with Gasteiger partial charge in [0.25, 0.3) is 5.91 Å². The van der Waals surface area contributed by atoms with Gasteiger partial charge in [0.1, 0.15) is 0 Å². The third kappa shape index (κ3) is 4.03. The van der Waals surface area contributed by atoms with Crippen molar-refractivity contribution < 1.29 is 24.0 Å². The summed E-state index contributed by atoms with van der Waals surface area (Å²) < 4.78 is 18.6.